The average Bonchev–Trinajstić information content (AvgIpc) is 3.26. The zero-order valence-electron chi connectivity index (χ0n) is 18.5. The number of amidine groups is 1. The molecule has 3 heterocycles. The summed E-state index contributed by atoms with van der Waals surface area (Å²) < 4.78 is 0. The second kappa shape index (κ2) is 9.38. The van der Waals surface area contributed by atoms with Crippen molar-refractivity contribution < 1.29 is 4.92 Å². The summed E-state index contributed by atoms with van der Waals surface area (Å²) in [6.07, 6.45) is 7.59. The first-order valence-electron chi connectivity index (χ1n) is 11.9. The van der Waals surface area contributed by atoms with Crippen LogP contribution in [0.5, 0.6) is 0 Å². The number of hydrogen-bond acceptors (Lipinski definition) is 6. The summed E-state index contributed by atoms with van der Waals surface area (Å²) in [4.78, 5) is 23.7. The Balaban J connectivity index is 1.59. The molecule has 32 heavy (non-hydrogen) atoms. The van der Waals surface area contributed by atoms with E-state index in [2.05, 4.69) is 39.0 Å². The van der Waals surface area contributed by atoms with E-state index in [-0.39, 0.29) is 22.9 Å². The summed E-state index contributed by atoms with van der Waals surface area (Å²) in [5.41, 5.74) is 2.17. The summed E-state index contributed by atoms with van der Waals surface area (Å²) >= 11 is 0. The van der Waals surface area contributed by atoms with Crippen molar-refractivity contribution in [3.8, 4) is 0 Å². The lowest BCUT2D eigenvalue weighted by Gasteiger charge is -2.44. The quantitative estimate of drug-likeness (QED) is 0.514. The molecule has 7 heteroatoms. The maximum atomic E-state index is 11.2. The minimum atomic E-state index is -0.335. The Labute approximate surface area is 189 Å². The van der Waals surface area contributed by atoms with Gasteiger partial charge in [0.05, 0.1) is 4.92 Å². The maximum Gasteiger partial charge on any atom is 0.269 e. The molecule has 0 saturated carbocycles. The molecule has 7 nitrogen and oxygen atoms in total. The van der Waals surface area contributed by atoms with Crippen molar-refractivity contribution in [3.05, 3.63) is 70.3 Å². The summed E-state index contributed by atoms with van der Waals surface area (Å²) in [5, 5.41) is 11.2. The van der Waals surface area contributed by atoms with Gasteiger partial charge in [0.2, 0.25) is 0 Å². The fourth-order valence-corrected chi connectivity index (χ4v) is 5.31. The van der Waals surface area contributed by atoms with Gasteiger partial charge in [-0.1, -0.05) is 43.2 Å². The van der Waals surface area contributed by atoms with Crippen LogP contribution in [0.4, 0.5) is 11.4 Å². The molecule has 0 aromatic heterocycles. The van der Waals surface area contributed by atoms with Crippen molar-refractivity contribution in [3.63, 3.8) is 0 Å². The zero-order chi connectivity index (χ0) is 21.9. The third-order valence-electron chi connectivity index (χ3n) is 6.91. The van der Waals surface area contributed by atoms with Crippen LogP contribution in [0, 0.1) is 10.1 Å². The molecule has 2 unspecified atom stereocenters. The molecular formula is C25H31N5O2. The molecule has 0 spiro atoms. The van der Waals surface area contributed by atoms with E-state index in [0.29, 0.717) is 0 Å². The monoisotopic (exact) mass is 433 g/mol. The third-order valence-corrected chi connectivity index (χ3v) is 6.91. The molecular weight excluding hydrogens is 402 g/mol. The number of benzene rings is 2. The summed E-state index contributed by atoms with van der Waals surface area (Å²) in [6, 6.07) is 17.3. The number of hydrogen-bond donors (Lipinski definition) is 0. The number of nitro groups is 1. The minimum absolute atomic E-state index is 0.0683. The number of nitrogens with zero attached hydrogens (tertiary/aromatic N) is 5. The lowest BCUT2D eigenvalue weighted by Crippen LogP contribution is -2.58. The standard InChI is InChI=1S/C25H31N5O2/c31-30(32)22-14-12-21(13-15-22)29-23(20-10-4-1-5-11-20)26-24(27-16-6-2-7-17-27)25(29)28-18-8-3-9-19-28/h1,4-5,10-15,24-25H,2-3,6-9,16-19H2. The molecule has 2 aromatic carbocycles. The minimum Gasteiger partial charge on any atom is -0.306 e. The molecule has 2 saturated heterocycles. The topological polar surface area (TPSA) is 65.2 Å². The van der Waals surface area contributed by atoms with Gasteiger partial charge in [-0.15, -0.1) is 0 Å². The van der Waals surface area contributed by atoms with Crippen LogP contribution in [-0.2, 0) is 0 Å². The van der Waals surface area contributed by atoms with Gasteiger partial charge in [0.25, 0.3) is 5.69 Å². The second-order valence-electron chi connectivity index (χ2n) is 8.98. The number of rotatable bonds is 5. The smallest absolute Gasteiger partial charge is 0.269 e. The lowest BCUT2D eigenvalue weighted by atomic mass is 10.1. The van der Waals surface area contributed by atoms with Gasteiger partial charge < -0.3 is 4.90 Å². The highest BCUT2D eigenvalue weighted by atomic mass is 16.6. The molecule has 168 valence electrons. The number of anilines is 1. The van der Waals surface area contributed by atoms with Gasteiger partial charge >= 0.3 is 0 Å². The molecule has 0 bridgehead atoms. The number of non-ortho nitro benzene ring substituents is 1. The molecule has 2 fully saturated rings. The molecule has 3 aliphatic rings. The van der Waals surface area contributed by atoms with Crippen LogP contribution in [0.1, 0.15) is 44.1 Å². The summed E-state index contributed by atoms with van der Waals surface area (Å²) in [7, 11) is 0. The number of likely N-dealkylation sites (tertiary alicyclic amines) is 2. The molecule has 0 N–H and O–H groups in total. The van der Waals surface area contributed by atoms with E-state index in [1.165, 1.54) is 38.5 Å². The van der Waals surface area contributed by atoms with Gasteiger partial charge in [0.15, 0.2) is 0 Å². The van der Waals surface area contributed by atoms with E-state index in [4.69, 9.17) is 4.99 Å². The molecule has 5 rings (SSSR count). The fourth-order valence-electron chi connectivity index (χ4n) is 5.31. The van der Waals surface area contributed by atoms with E-state index in [0.717, 1.165) is 43.3 Å². The predicted octanol–water partition coefficient (Wildman–Crippen LogP) is 4.49. The highest BCUT2D eigenvalue weighted by Crippen LogP contribution is 2.35. The molecule has 2 atom stereocenters. The Morgan fingerprint density at radius 1 is 0.781 bits per heavy atom. The van der Waals surface area contributed by atoms with E-state index in [1.807, 2.05) is 18.2 Å². The Kier molecular flexibility index (Phi) is 6.19. The normalized spacial score (nSPS) is 25.0. The van der Waals surface area contributed by atoms with Gasteiger partial charge in [-0.25, -0.2) is 4.99 Å². The zero-order valence-corrected chi connectivity index (χ0v) is 18.5. The number of aliphatic imine (C=N–C) groups is 1. The van der Waals surface area contributed by atoms with Gasteiger partial charge in [0.1, 0.15) is 18.2 Å². The van der Waals surface area contributed by atoms with Crippen molar-refractivity contribution in [2.24, 2.45) is 4.99 Å². The van der Waals surface area contributed by atoms with Crippen molar-refractivity contribution in [1.29, 1.82) is 0 Å². The van der Waals surface area contributed by atoms with E-state index < -0.39 is 0 Å². The van der Waals surface area contributed by atoms with Crippen LogP contribution in [0.25, 0.3) is 0 Å². The Bertz CT molecular complexity index is 950. The summed E-state index contributed by atoms with van der Waals surface area (Å²) in [6.45, 7) is 4.29. The lowest BCUT2D eigenvalue weighted by molar-refractivity contribution is -0.384. The van der Waals surface area contributed by atoms with E-state index >= 15 is 0 Å². The Morgan fingerprint density at radius 2 is 1.38 bits per heavy atom. The maximum absolute atomic E-state index is 11.2. The van der Waals surface area contributed by atoms with E-state index in [1.54, 1.807) is 12.1 Å². The molecule has 2 aromatic rings. The Morgan fingerprint density at radius 3 is 1.97 bits per heavy atom. The first-order valence-corrected chi connectivity index (χ1v) is 11.9. The number of nitro benzene ring substituents is 1. The Hall–Kier alpha value is -2.77. The van der Waals surface area contributed by atoms with Crippen molar-refractivity contribution >= 4 is 17.2 Å². The molecule has 0 amide bonds. The van der Waals surface area contributed by atoms with Gasteiger partial charge in [-0.3, -0.25) is 19.9 Å². The van der Waals surface area contributed by atoms with Crippen LogP contribution in [0.3, 0.4) is 0 Å². The highest BCUT2D eigenvalue weighted by Gasteiger charge is 2.44. The highest BCUT2D eigenvalue weighted by molar-refractivity contribution is 6.11. The first-order chi connectivity index (χ1) is 15.7. The number of piperidine rings is 2. The van der Waals surface area contributed by atoms with Crippen LogP contribution in [-0.4, -0.2) is 59.1 Å². The second-order valence-corrected chi connectivity index (χ2v) is 8.98. The van der Waals surface area contributed by atoms with Crippen LogP contribution >= 0.6 is 0 Å². The van der Waals surface area contributed by atoms with Crippen LogP contribution in [0.15, 0.2) is 59.6 Å². The van der Waals surface area contributed by atoms with Gasteiger partial charge in [-0.05, 0) is 37.8 Å². The van der Waals surface area contributed by atoms with Crippen molar-refractivity contribution in [2.75, 3.05) is 31.1 Å². The molecule has 0 radical (unpaired) electrons. The predicted molar refractivity (Wildman–Crippen MR) is 127 cm³/mol. The third kappa shape index (κ3) is 4.14. The molecule has 3 aliphatic heterocycles. The average molecular weight is 434 g/mol. The van der Waals surface area contributed by atoms with Crippen molar-refractivity contribution in [2.45, 2.75) is 50.9 Å². The van der Waals surface area contributed by atoms with Gasteiger partial charge in [-0.2, -0.15) is 0 Å². The van der Waals surface area contributed by atoms with E-state index in [9.17, 15) is 10.1 Å². The van der Waals surface area contributed by atoms with Gasteiger partial charge in [0, 0.05) is 49.6 Å². The summed E-state index contributed by atoms with van der Waals surface area (Å²) in [5.74, 6) is 0.964. The first kappa shape index (κ1) is 21.1. The largest absolute Gasteiger partial charge is 0.306 e. The SMILES string of the molecule is O=[N+]([O-])c1ccc(N2C(c3ccccc3)=NC(N3CCCCC3)C2N2CCCCC2)cc1. The van der Waals surface area contributed by atoms with Crippen LogP contribution < -0.4 is 4.90 Å². The molecule has 0 aliphatic carbocycles. The van der Waals surface area contributed by atoms with Crippen LogP contribution in [0.2, 0.25) is 0 Å². The van der Waals surface area contributed by atoms with Crippen molar-refractivity contribution in [1.82, 2.24) is 9.80 Å². The fraction of sp³-hybridized carbons (Fsp3) is 0.480.